The number of amides is 1. The number of ether oxygens (including phenoxy) is 1. The predicted octanol–water partition coefficient (Wildman–Crippen LogP) is 1.04. The number of cyclic esters (lactones) is 1. The Kier molecular flexibility index (Phi) is 2.50. The maximum Gasteiger partial charge on any atom is 0.428 e. The molecule has 2 rings (SSSR count). The van der Waals surface area contributed by atoms with Crippen molar-refractivity contribution in [3.05, 3.63) is 39.9 Å². The number of nitro benzene ring substituents is 1. The van der Waals surface area contributed by atoms with E-state index in [4.69, 9.17) is 4.74 Å². The van der Waals surface area contributed by atoms with Crippen LogP contribution in [0.4, 0.5) is 10.5 Å². The third kappa shape index (κ3) is 1.97. The summed E-state index contributed by atoms with van der Waals surface area (Å²) in [6, 6.07) is 5.85. The molecule has 16 heavy (non-hydrogen) atoms. The van der Waals surface area contributed by atoms with Crippen molar-refractivity contribution in [2.45, 2.75) is 0 Å². The molecule has 1 aliphatic rings. The van der Waals surface area contributed by atoms with E-state index in [-0.39, 0.29) is 12.3 Å². The summed E-state index contributed by atoms with van der Waals surface area (Å²) in [4.78, 5) is 20.6. The van der Waals surface area contributed by atoms with Crippen molar-refractivity contribution >= 4 is 17.5 Å². The van der Waals surface area contributed by atoms with Crippen LogP contribution in [-0.4, -0.2) is 23.3 Å². The summed E-state index contributed by atoms with van der Waals surface area (Å²) in [6.07, 6.45) is -0.606. The zero-order chi connectivity index (χ0) is 11.5. The van der Waals surface area contributed by atoms with E-state index in [2.05, 4.69) is 10.5 Å². The van der Waals surface area contributed by atoms with Crippen molar-refractivity contribution in [2.24, 2.45) is 5.10 Å². The van der Waals surface area contributed by atoms with Gasteiger partial charge in [0.05, 0.1) is 4.92 Å². The lowest BCUT2D eigenvalue weighted by Gasteiger charge is -2.12. The summed E-state index contributed by atoms with van der Waals surface area (Å²) in [5.41, 5.74) is 3.36. The molecular formula is C9H7N3O4. The van der Waals surface area contributed by atoms with Crippen LogP contribution in [0.5, 0.6) is 0 Å². The maximum atomic E-state index is 10.7. The highest BCUT2D eigenvalue weighted by molar-refractivity contribution is 6.03. The lowest BCUT2D eigenvalue weighted by atomic mass is 10.1. The zero-order valence-corrected chi connectivity index (χ0v) is 8.04. The monoisotopic (exact) mass is 221 g/mol. The molecule has 1 heterocycles. The fourth-order valence-electron chi connectivity index (χ4n) is 1.23. The highest BCUT2D eigenvalue weighted by Gasteiger charge is 2.14. The van der Waals surface area contributed by atoms with E-state index in [1.54, 1.807) is 12.1 Å². The van der Waals surface area contributed by atoms with Crippen molar-refractivity contribution in [3.8, 4) is 0 Å². The SMILES string of the molecule is O=C1NN=C(c2ccc([N+](=O)[O-])cc2)CO1. The molecule has 0 saturated heterocycles. The molecule has 7 heteroatoms. The first-order valence-corrected chi connectivity index (χ1v) is 4.41. The average Bonchev–Trinajstić information content (AvgIpc) is 2.30. The molecule has 1 aliphatic heterocycles. The van der Waals surface area contributed by atoms with E-state index >= 15 is 0 Å². The van der Waals surface area contributed by atoms with Gasteiger partial charge in [-0.05, 0) is 12.1 Å². The normalized spacial score (nSPS) is 14.8. The van der Waals surface area contributed by atoms with Gasteiger partial charge >= 0.3 is 6.09 Å². The molecule has 1 amide bonds. The lowest BCUT2D eigenvalue weighted by Crippen LogP contribution is -2.30. The topological polar surface area (TPSA) is 93.8 Å². The number of nitro groups is 1. The Labute approximate surface area is 89.9 Å². The first-order chi connectivity index (χ1) is 7.66. The highest BCUT2D eigenvalue weighted by atomic mass is 16.6. The molecule has 1 aromatic rings. The van der Waals surface area contributed by atoms with Gasteiger partial charge in [0, 0.05) is 17.7 Å². The number of nitrogens with one attached hydrogen (secondary N) is 1. The first kappa shape index (κ1) is 10.1. The van der Waals surface area contributed by atoms with Crippen LogP contribution in [0.2, 0.25) is 0 Å². The molecule has 7 nitrogen and oxygen atoms in total. The number of carbonyl (C=O) groups excluding carboxylic acids is 1. The lowest BCUT2D eigenvalue weighted by molar-refractivity contribution is -0.384. The highest BCUT2D eigenvalue weighted by Crippen LogP contribution is 2.13. The van der Waals surface area contributed by atoms with Gasteiger partial charge in [0.25, 0.3) is 5.69 Å². The minimum absolute atomic E-state index is 0.00473. The molecule has 0 unspecified atom stereocenters. The summed E-state index contributed by atoms with van der Waals surface area (Å²) < 4.78 is 4.71. The predicted molar refractivity (Wildman–Crippen MR) is 54.1 cm³/mol. The van der Waals surface area contributed by atoms with Gasteiger partial charge in [-0.15, -0.1) is 0 Å². The standard InChI is InChI=1S/C9H7N3O4/c13-9-11-10-8(5-16-9)6-1-3-7(4-2-6)12(14)15/h1-4H,5H2,(H,11,13). The molecule has 0 bridgehead atoms. The number of rotatable bonds is 2. The second-order valence-corrected chi connectivity index (χ2v) is 3.05. The summed E-state index contributed by atoms with van der Waals surface area (Å²) in [5.74, 6) is 0. The molecule has 1 aromatic carbocycles. The molecule has 0 saturated carbocycles. The number of non-ortho nitro benzene ring substituents is 1. The van der Waals surface area contributed by atoms with E-state index in [0.29, 0.717) is 11.3 Å². The van der Waals surface area contributed by atoms with Crippen LogP contribution in [0, 0.1) is 10.1 Å². The number of nitrogens with zero attached hydrogens (tertiary/aromatic N) is 2. The summed E-state index contributed by atoms with van der Waals surface area (Å²) in [7, 11) is 0. The molecule has 0 spiro atoms. The fourth-order valence-corrected chi connectivity index (χ4v) is 1.23. The Morgan fingerprint density at radius 2 is 2.06 bits per heavy atom. The van der Waals surface area contributed by atoms with Crippen molar-refractivity contribution in [2.75, 3.05) is 6.61 Å². The van der Waals surface area contributed by atoms with E-state index in [9.17, 15) is 14.9 Å². The summed E-state index contributed by atoms with van der Waals surface area (Å²) >= 11 is 0. The van der Waals surface area contributed by atoms with Gasteiger partial charge < -0.3 is 4.74 Å². The molecule has 0 aromatic heterocycles. The van der Waals surface area contributed by atoms with Gasteiger partial charge in [-0.1, -0.05) is 0 Å². The minimum atomic E-state index is -0.606. The van der Waals surface area contributed by atoms with Crippen LogP contribution in [0.15, 0.2) is 29.4 Å². The van der Waals surface area contributed by atoms with Gasteiger partial charge in [-0.3, -0.25) is 10.1 Å². The second-order valence-electron chi connectivity index (χ2n) is 3.05. The third-order valence-corrected chi connectivity index (χ3v) is 2.03. The van der Waals surface area contributed by atoms with Gasteiger partial charge in [0.15, 0.2) is 0 Å². The summed E-state index contributed by atoms with van der Waals surface area (Å²) in [5, 5.41) is 14.2. The van der Waals surface area contributed by atoms with E-state index in [0.717, 1.165) is 0 Å². The molecule has 0 aliphatic carbocycles. The molecule has 0 fully saturated rings. The third-order valence-electron chi connectivity index (χ3n) is 2.03. The number of hydrazone groups is 1. The second kappa shape index (κ2) is 3.97. The van der Waals surface area contributed by atoms with E-state index in [1.165, 1.54) is 12.1 Å². The van der Waals surface area contributed by atoms with Crippen molar-refractivity contribution in [1.29, 1.82) is 0 Å². The number of hydrogen-bond donors (Lipinski definition) is 1. The van der Waals surface area contributed by atoms with Crippen LogP contribution < -0.4 is 5.43 Å². The van der Waals surface area contributed by atoms with Crippen LogP contribution >= 0.6 is 0 Å². The van der Waals surface area contributed by atoms with Crippen LogP contribution in [0.25, 0.3) is 0 Å². The Morgan fingerprint density at radius 3 is 2.56 bits per heavy atom. The summed E-state index contributed by atoms with van der Waals surface area (Å²) in [6.45, 7) is 0.0592. The minimum Gasteiger partial charge on any atom is -0.442 e. The quantitative estimate of drug-likeness (QED) is 0.596. The molecule has 82 valence electrons. The maximum absolute atomic E-state index is 10.7. The Hall–Kier alpha value is -2.44. The van der Waals surface area contributed by atoms with Gasteiger partial charge in [0.1, 0.15) is 12.3 Å². The van der Waals surface area contributed by atoms with Crippen molar-refractivity contribution < 1.29 is 14.5 Å². The Balaban J connectivity index is 2.22. The van der Waals surface area contributed by atoms with E-state index < -0.39 is 11.0 Å². The van der Waals surface area contributed by atoms with Gasteiger partial charge in [0.2, 0.25) is 0 Å². The van der Waals surface area contributed by atoms with Crippen LogP contribution in [0.1, 0.15) is 5.56 Å². The molecule has 1 N–H and O–H groups in total. The molecule has 0 atom stereocenters. The fraction of sp³-hybridized carbons (Fsp3) is 0.111. The van der Waals surface area contributed by atoms with Gasteiger partial charge in [-0.25, -0.2) is 10.2 Å². The van der Waals surface area contributed by atoms with E-state index in [1.807, 2.05) is 0 Å². The van der Waals surface area contributed by atoms with Gasteiger partial charge in [-0.2, -0.15) is 5.10 Å². The Morgan fingerprint density at radius 1 is 1.38 bits per heavy atom. The number of carbonyl (C=O) groups is 1. The number of benzene rings is 1. The Bertz CT molecular complexity index is 466. The largest absolute Gasteiger partial charge is 0.442 e. The smallest absolute Gasteiger partial charge is 0.428 e. The molecular weight excluding hydrogens is 214 g/mol. The molecule has 0 radical (unpaired) electrons. The number of hydrogen-bond acceptors (Lipinski definition) is 5. The average molecular weight is 221 g/mol. The zero-order valence-electron chi connectivity index (χ0n) is 8.04. The van der Waals surface area contributed by atoms with Crippen molar-refractivity contribution in [1.82, 2.24) is 5.43 Å². The van der Waals surface area contributed by atoms with Crippen LogP contribution in [0.3, 0.4) is 0 Å². The van der Waals surface area contributed by atoms with Crippen LogP contribution in [-0.2, 0) is 4.74 Å². The first-order valence-electron chi connectivity index (χ1n) is 4.41. The van der Waals surface area contributed by atoms with Crippen molar-refractivity contribution in [3.63, 3.8) is 0 Å².